The van der Waals surface area contributed by atoms with Gasteiger partial charge in [0.1, 0.15) is 0 Å². The molecule has 94 valence electrons. The first-order valence-electron chi connectivity index (χ1n) is 6.72. The van der Waals surface area contributed by atoms with Gasteiger partial charge in [0.25, 0.3) is 0 Å². The normalized spacial score (nSPS) is 14.5. The maximum Gasteiger partial charge on any atom is -0.0138 e. The smallest absolute Gasteiger partial charge is 0.0138 e. The van der Waals surface area contributed by atoms with E-state index >= 15 is 0 Å². The van der Waals surface area contributed by atoms with Crippen molar-refractivity contribution in [2.45, 2.75) is 12.8 Å². The molecular formula is C18H17P. The molecule has 0 aliphatic heterocycles. The molecule has 1 aliphatic rings. The molecule has 1 aliphatic carbocycles. The summed E-state index contributed by atoms with van der Waals surface area (Å²) in [5.41, 5.74) is 0. The Labute approximate surface area is 116 Å². The highest BCUT2D eigenvalue weighted by Gasteiger charge is 2.17. The molecule has 0 amide bonds. The quantitative estimate of drug-likeness (QED) is 0.723. The number of allylic oxidation sites excluding steroid dienone is 4. The molecule has 0 heterocycles. The molecule has 0 saturated heterocycles. The Hall–Kier alpha value is -1.65. The topological polar surface area (TPSA) is 0 Å². The summed E-state index contributed by atoms with van der Waals surface area (Å²) in [5, 5.41) is 4.35. The summed E-state index contributed by atoms with van der Waals surface area (Å²) in [5.74, 6) is 0. The molecule has 0 spiro atoms. The van der Waals surface area contributed by atoms with Crippen LogP contribution in [0.2, 0.25) is 0 Å². The van der Waals surface area contributed by atoms with Crippen LogP contribution in [0.5, 0.6) is 0 Å². The summed E-state index contributed by atoms with van der Waals surface area (Å²) >= 11 is 0. The van der Waals surface area contributed by atoms with E-state index in [-0.39, 0.29) is 0 Å². The Morgan fingerprint density at radius 2 is 1.26 bits per heavy atom. The third-order valence-corrected chi connectivity index (χ3v) is 5.74. The predicted molar refractivity (Wildman–Crippen MR) is 85.5 cm³/mol. The van der Waals surface area contributed by atoms with E-state index in [2.05, 4.69) is 78.9 Å². The van der Waals surface area contributed by atoms with E-state index in [0.717, 1.165) is 0 Å². The third-order valence-electron chi connectivity index (χ3n) is 3.26. The molecule has 3 rings (SSSR count). The lowest BCUT2D eigenvalue weighted by Gasteiger charge is -2.21. The van der Waals surface area contributed by atoms with Crippen LogP contribution in [0.3, 0.4) is 0 Å². The largest absolute Gasteiger partial charge is 0.0836 e. The molecule has 0 atom stereocenters. The van der Waals surface area contributed by atoms with Gasteiger partial charge in [0, 0.05) is 0 Å². The highest BCUT2D eigenvalue weighted by molar-refractivity contribution is 7.77. The third kappa shape index (κ3) is 2.85. The first-order valence-corrected chi connectivity index (χ1v) is 8.06. The number of hydrogen-bond acceptors (Lipinski definition) is 0. The Morgan fingerprint density at radius 3 is 1.74 bits per heavy atom. The van der Waals surface area contributed by atoms with Crippen LogP contribution in [0.1, 0.15) is 12.8 Å². The van der Waals surface area contributed by atoms with Crippen molar-refractivity contribution in [2.24, 2.45) is 0 Å². The van der Waals surface area contributed by atoms with E-state index in [1.165, 1.54) is 28.8 Å². The van der Waals surface area contributed by atoms with E-state index in [1.807, 2.05) is 0 Å². The predicted octanol–water partition coefficient (Wildman–Crippen LogP) is 4.35. The van der Waals surface area contributed by atoms with Gasteiger partial charge >= 0.3 is 0 Å². The Morgan fingerprint density at radius 1 is 0.684 bits per heavy atom. The van der Waals surface area contributed by atoms with Crippen LogP contribution in [-0.2, 0) is 0 Å². The van der Waals surface area contributed by atoms with Gasteiger partial charge in [0.2, 0.25) is 0 Å². The van der Waals surface area contributed by atoms with Gasteiger partial charge in [-0.1, -0.05) is 78.9 Å². The van der Waals surface area contributed by atoms with Crippen LogP contribution in [0.4, 0.5) is 0 Å². The molecule has 0 unspecified atom stereocenters. The fraction of sp³-hybridized carbons (Fsp3) is 0.111. The molecule has 0 bridgehead atoms. The van der Waals surface area contributed by atoms with Gasteiger partial charge in [-0.25, -0.2) is 0 Å². The number of benzene rings is 2. The SMILES string of the molecule is C1=CC(P(c2ccccc2)c2ccccc2)=CCC1. The summed E-state index contributed by atoms with van der Waals surface area (Å²) in [6.45, 7) is 0. The van der Waals surface area contributed by atoms with E-state index < -0.39 is 7.92 Å². The fourth-order valence-electron chi connectivity index (χ4n) is 2.37. The highest BCUT2D eigenvalue weighted by atomic mass is 31.1. The van der Waals surface area contributed by atoms with Gasteiger partial charge in [0.05, 0.1) is 0 Å². The summed E-state index contributed by atoms with van der Waals surface area (Å²) in [6, 6.07) is 21.7. The maximum atomic E-state index is 2.41. The van der Waals surface area contributed by atoms with E-state index in [4.69, 9.17) is 0 Å². The molecule has 0 N–H and O–H groups in total. The van der Waals surface area contributed by atoms with Crippen LogP contribution >= 0.6 is 7.92 Å². The second-order valence-corrected chi connectivity index (χ2v) is 6.84. The lowest BCUT2D eigenvalue weighted by molar-refractivity contribution is 1.03. The molecule has 0 saturated carbocycles. The van der Waals surface area contributed by atoms with Crippen LogP contribution in [0.15, 0.2) is 84.2 Å². The minimum atomic E-state index is -0.395. The fourth-order valence-corrected chi connectivity index (χ4v) is 4.77. The first kappa shape index (κ1) is 12.4. The Balaban J connectivity index is 2.06. The summed E-state index contributed by atoms with van der Waals surface area (Å²) in [7, 11) is -0.395. The van der Waals surface area contributed by atoms with Gasteiger partial charge in [-0.05, 0) is 36.7 Å². The van der Waals surface area contributed by atoms with Crippen molar-refractivity contribution in [3.8, 4) is 0 Å². The van der Waals surface area contributed by atoms with Crippen molar-refractivity contribution in [1.29, 1.82) is 0 Å². The molecule has 0 nitrogen and oxygen atoms in total. The van der Waals surface area contributed by atoms with Gasteiger partial charge < -0.3 is 0 Å². The van der Waals surface area contributed by atoms with Crippen LogP contribution in [0, 0.1) is 0 Å². The van der Waals surface area contributed by atoms with Crippen molar-refractivity contribution < 1.29 is 0 Å². The van der Waals surface area contributed by atoms with E-state index in [9.17, 15) is 0 Å². The zero-order valence-corrected chi connectivity index (χ0v) is 11.8. The average Bonchev–Trinajstić information content (AvgIpc) is 2.51. The molecular weight excluding hydrogens is 247 g/mol. The summed E-state index contributed by atoms with van der Waals surface area (Å²) < 4.78 is 0. The lowest BCUT2D eigenvalue weighted by atomic mass is 10.2. The van der Waals surface area contributed by atoms with Crippen molar-refractivity contribution in [3.05, 3.63) is 84.2 Å². The summed E-state index contributed by atoms with van der Waals surface area (Å²) in [4.78, 5) is 0. The van der Waals surface area contributed by atoms with Crippen molar-refractivity contribution in [2.75, 3.05) is 0 Å². The number of hydrogen-bond donors (Lipinski definition) is 0. The number of rotatable bonds is 3. The first-order chi connectivity index (χ1) is 9.45. The zero-order chi connectivity index (χ0) is 12.9. The van der Waals surface area contributed by atoms with Crippen LogP contribution in [0.25, 0.3) is 0 Å². The van der Waals surface area contributed by atoms with Gasteiger partial charge in [-0.2, -0.15) is 0 Å². The molecule has 0 fully saturated rings. The standard InChI is InChI=1S/C18H17P/c1-4-10-16(11-5-1)19(17-12-6-2-7-13-17)18-14-8-3-9-15-18/h1-2,4-8,10-15H,3,9H2. The zero-order valence-electron chi connectivity index (χ0n) is 10.9. The average molecular weight is 264 g/mol. The van der Waals surface area contributed by atoms with Gasteiger partial charge in [0.15, 0.2) is 0 Å². The monoisotopic (exact) mass is 264 g/mol. The van der Waals surface area contributed by atoms with E-state index in [0.29, 0.717) is 0 Å². The molecule has 19 heavy (non-hydrogen) atoms. The van der Waals surface area contributed by atoms with Gasteiger partial charge in [-0.3, -0.25) is 0 Å². The molecule has 2 aromatic carbocycles. The Kier molecular flexibility index (Phi) is 3.91. The van der Waals surface area contributed by atoms with Crippen molar-refractivity contribution in [1.82, 2.24) is 0 Å². The Bertz CT molecular complexity index is 542. The van der Waals surface area contributed by atoms with Gasteiger partial charge in [-0.15, -0.1) is 0 Å². The van der Waals surface area contributed by atoms with Crippen LogP contribution < -0.4 is 10.6 Å². The second kappa shape index (κ2) is 5.99. The molecule has 0 aromatic heterocycles. The highest BCUT2D eigenvalue weighted by Crippen LogP contribution is 2.44. The van der Waals surface area contributed by atoms with Crippen LogP contribution in [-0.4, -0.2) is 0 Å². The van der Waals surface area contributed by atoms with E-state index in [1.54, 1.807) is 0 Å². The minimum absolute atomic E-state index is 0.395. The molecule has 1 heteroatoms. The summed E-state index contributed by atoms with van der Waals surface area (Å²) in [6.07, 6.45) is 9.37. The lowest BCUT2D eigenvalue weighted by Crippen LogP contribution is -2.12. The maximum absolute atomic E-state index is 2.41. The minimum Gasteiger partial charge on any atom is -0.0836 e. The van der Waals surface area contributed by atoms with Crippen molar-refractivity contribution in [3.63, 3.8) is 0 Å². The van der Waals surface area contributed by atoms with Crippen molar-refractivity contribution >= 4 is 18.5 Å². The second-order valence-electron chi connectivity index (χ2n) is 4.62. The molecule has 2 aromatic rings. The molecule has 0 radical (unpaired) electrons.